The van der Waals surface area contributed by atoms with Crippen LogP contribution in [0.4, 0.5) is 5.69 Å². The van der Waals surface area contributed by atoms with E-state index in [1.54, 1.807) is 12.1 Å². The number of para-hydroxylation sites is 1. The van der Waals surface area contributed by atoms with Gasteiger partial charge in [-0.15, -0.1) is 0 Å². The zero-order valence-corrected chi connectivity index (χ0v) is 12.2. The molecule has 4 nitrogen and oxygen atoms in total. The van der Waals surface area contributed by atoms with E-state index in [1.165, 1.54) is 0 Å². The van der Waals surface area contributed by atoms with Crippen molar-refractivity contribution >= 4 is 11.6 Å². The van der Waals surface area contributed by atoms with Crippen LogP contribution in [0.25, 0.3) is 0 Å². The Morgan fingerprint density at radius 3 is 2.24 bits per heavy atom. The van der Waals surface area contributed by atoms with Crippen molar-refractivity contribution in [2.24, 2.45) is 0 Å². The molecule has 0 aromatic heterocycles. The van der Waals surface area contributed by atoms with Crippen molar-refractivity contribution in [3.63, 3.8) is 0 Å². The first-order chi connectivity index (χ1) is 10.1. The maximum Gasteiger partial charge on any atom is 0.250 e. The van der Waals surface area contributed by atoms with Crippen molar-refractivity contribution in [2.45, 2.75) is 20.0 Å². The molecule has 2 aromatic carbocycles. The molecule has 0 aliphatic carbocycles. The molecule has 0 atom stereocenters. The van der Waals surface area contributed by atoms with Crippen LogP contribution in [0, 0.1) is 0 Å². The van der Waals surface area contributed by atoms with Crippen LogP contribution in [-0.4, -0.2) is 18.6 Å². The number of carbonyl (C=O) groups excluding carboxylic acids is 1. The molecule has 0 saturated carbocycles. The minimum absolute atomic E-state index is 0.0393. The highest BCUT2D eigenvalue weighted by atomic mass is 16.5. The zero-order chi connectivity index (χ0) is 15.1. The Morgan fingerprint density at radius 2 is 1.62 bits per heavy atom. The van der Waals surface area contributed by atoms with Crippen LogP contribution in [0.5, 0.6) is 11.5 Å². The van der Waals surface area contributed by atoms with E-state index in [0.29, 0.717) is 5.69 Å². The number of amides is 1. The molecule has 2 rings (SSSR count). The van der Waals surface area contributed by atoms with Gasteiger partial charge in [0.25, 0.3) is 0 Å². The predicted octanol–water partition coefficient (Wildman–Crippen LogP) is 3.84. The van der Waals surface area contributed by atoms with Gasteiger partial charge in [0, 0.05) is 5.69 Å². The summed E-state index contributed by atoms with van der Waals surface area (Å²) >= 11 is 0. The third kappa shape index (κ3) is 5.28. The quantitative estimate of drug-likeness (QED) is 0.877. The topological polar surface area (TPSA) is 47.6 Å². The molecule has 110 valence electrons. The van der Waals surface area contributed by atoms with E-state index >= 15 is 0 Å². The average molecular weight is 285 g/mol. The van der Waals surface area contributed by atoms with Crippen molar-refractivity contribution in [2.75, 3.05) is 11.9 Å². The second kappa shape index (κ2) is 7.45. The Balaban J connectivity index is 1.88. The van der Waals surface area contributed by atoms with Gasteiger partial charge in [-0.3, -0.25) is 4.79 Å². The Kier molecular flexibility index (Phi) is 5.35. The third-order valence-electron chi connectivity index (χ3n) is 2.66. The number of nitrogens with one attached hydrogen (secondary N) is 1. The number of hydrogen-bond acceptors (Lipinski definition) is 3. The first-order valence-electron chi connectivity index (χ1n) is 6.88. The Labute approximate surface area is 124 Å². The van der Waals surface area contributed by atoms with E-state index in [9.17, 15) is 4.79 Å². The Morgan fingerprint density at radius 1 is 1.00 bits per heavy atom. The number of benzene rings is 2. The van der Waals surface area contributed by atoms with Crippen LogP contribution in [0.2, 0.25) is 0 Å². The highest BCUT2D eigenvalue weighted by Crippen LogP contribution is 2.22. The van der Waals surface area contributed by atoms with Crippen LogP contribution in [-0.2, 0) is 9.53 Å². The van der Waals surface area contributed by atoms with Gasteiger partial charge in [-0.05, 0) is 50.2 Å². The fourth-order valence-corrected chi connectivity index (χ4v) is 1.67. The van der Waals surface area contributed by atoms with Crippen molar-refractivity contribution in [1.29, 1.82) is 0 Å². The molecule has 21 heavy (non-hydrogen) atoms. The van der Waals surface area contributed by atoms with Gasteiger partial charge in [-0.1, -0.05) is 18.2 Å². The van der Waals surface area contributed by atoms with E-state index in [1.807, 2.05) is 56.3 Å². The monoisotopic (exact) mass is 285 g/mol. The molecule has 0 unspecified atom stereocenters. The normalized spacial score (nSPS) is 10.4. The smallest absolute Gasteiger partial charge is 0.250 e. The molecular formula is C17H19NO3. The van der Waals surface area contributed by atoms with E-state index in [-0.39, 0.29) is 18.6 Å². The Hall–Kier alpha value is -2.33. The van der Waals surface area contributed by atoms with E-state index in [4.69, 9.17) is 9.47 Å². The molecule has 0 fully saturated rings. The van der Waals surface area contributed by atoms with Gasteiger partial charge < -0.3 is 14.8 Å². The molecular weight excluding hydrogens is 266 g/mol. The minimum Gasteiger partial charge on any atom is -0.457 e. The minimum atomic E-state index is -0.166. The first kappa shape index (κ1) is 15.1. The average Bonchev–Trinajstić information content (AvgIpc) is 2.48. The van der Waals surface area contributed by atoms with Gasteiger partial charge in [0.15, 0.2) is 0 Å². The summed E-state index contributed by atoms with van der Waals surface area (Å²) in [6.07, 6.45) is 0.0393. The van der Waals surface area contributed by atoms with Crippen LogP contribution >= 0.6 is 0 Å². The lowest BCUT2D eigenvalue weighted by Gasteiger charge is -2.09. The lowest BCUT2D eigenvalue weighted by Crippen LogP contribution is -2.20. The summed E-state index contributed by atoms with van der Waals surface area (Å²) < 4.78 is 10.9. The summed E-state index contributed by atoms with van der Waals surface area (Å²) in [5, 5.41) is 2.77. The summed E-state index contributed by atoms with van der Waals surface area (Å²) in [6, 6.07) is 16.8. The van der Waals surface area contributed by atoms with Gasteiger partial charge in [0.2, 0.25) is 5.91 Å². The molecule has 0 aliphatic rings. The molecule has 0 radical (unpaired) electrons. The summed E-state index contributed by atoms with van der Waals surface area (Å²) in [6.45, 7) is 3.84. The predicted molar refractivity (Wildman–Crippen MR) is 82.7 cm³/mol. The molecule has 0 spiro atoms. The van der Waals surface area contributed by atoms with Crippen molar-refractivity contribution in [1.82, 2.24) is 0 Å². The van der Waals surface area contributed by atoms with Crippen LogP contribution < -0.4 is 10.1 Å². The van der Waals surface area contributed by atoms with Crippen molar-refractivity contribution in [3.8, 4) is 11.5 Å². The first-order valence-corrected chi connectivity index (χ1v) is 6.88. The van der Waals surface area contributed by atoms with Gasteiger partial charge in [0.1, 0.15) is 18.1 Å². The number of carbonyl (C=O) groups is 1. The van der Waals surface area contributed by atoms with E-state index < -0.39 is 0 Å². The fourth-order valence-electron chi connectivity index (χ4n) is 1.67. The van der Waals surface area contributed by atoms with E-state index in [0.717, 1.165) is 11.5 Å². The largest absolute Gasteiger partial charge is 0.457 e. The second-order valence-electron chi connectivity index (χ2n) is 4.85. The van der Waals surface area contributed by atoms with Crippen LogP contribution in [0.1, 0.15) is 13.8 Å². The van der Waals surface area contributed by atoms with Crippen molar-refractivity contribution in [3.05, 3.63) is 54.6 Å². The van der Waals surface area contributed by atoms with Crippen LogP contribution in [0.3, 0.4) is 0 Å². The molecule has 1 N–H and O–H groups in total. The highest BCUT2D eigenvalue weighted by Gasteiger charge is 2.04. The summed E-state index contributed by atoms with van der Waals surface area (Å²) in [5.41, 5.74) is 0.716. The van der Waals surface area contributed by atoms with Gasteiger partial charge in [-0.25, -0.2) is 0 Å². The number of hydrogen-bond donors (Lipinski definition) is 1. The fraction of sp³-hybridized carbons (Fsp3) is 0.235. The molecule has 0 bridgehead atoms. The molecule has 1 amide bonds. The maximum atomic E-state index is 11.6. The van der Waals surface area contributed by atoms with Crippen LogP contribution in [0.15, 0.2) is 54.6 Å². The van der Waals surface area contributed by atoms with Gasteiger partial charge in [-0.2, -0.15) is 0 Å². The SMILES string of the molecule is CC(C)OCC(=O)Nc1ccc(Oc2ccccc2)cc1. The standard InChI is InChI=1S/C17H19NO3/c1-13(2)20-12-17(19)18-14-8-10-16(11-9-14)21-15-6-4-3-5-7-15/h3-11,13H,12H2,1-2H3,(H,18,19). The molecule has 4 heteroatoms. The number of anilines is 1. The van der Waals surface area contributed by atoms with Crippen molar-refractivity contribution < 1.29 is 14.3 Å². The maximum absolute atomic E-state index is 11.6. The summed E-state index contributed by atoms with van der Waals surface area (Å²) in [4.78, 5) is 11.6. The summed E-state index contributed by atoms with van der Waals surface area (Å²) in [5.74, 6) is 1.33. The molecule has 2 aromatic rings. The highest BCUT2D eigenvalue weighted by molar-refractivity contribution is 5.91. The molecule has 0 aliphatic heterocycles. The summed E-state index contributed by atoms with van der Waals surface area (Å²) in [7, 11) is 0. The lowest BCUT2D eigenvalue weighted by molar-refractivity contribution is -0.121. The number of rotatable bonds is 6. The van der Waals surface area contributed by atoms with Gasteiger partial charge >= 0.3 is 0 Å². The molecule has 0 heterocycles. The third-order valence-corrected chi connectivity index (χ3v) is 2.66. The molecule has 0 saturated heterocycles. The Bertz CT molecular complexity index is 564. The van der Waals surface area contributed by atoms with E-state index in [2.05, 4.69) is 5.32 Å². The second-order valence-corrected chi connectivity index (χ2v) is 4.85. The zero-order valence-electron chi connectivity index (χ0n) is 12.2. The lowest BCUT2D eigenvalue weighted by atomic mass is 10.3. The van der Waals surface area contributed by atoms with Gasteiger partial charge in [0.05, 0.1) is 6.10 Å². The number of ether oxygens (including phenoxy) is 2.